The normalized spacial score (nSPS) is 11.9. The molecule has 0 aliphatic rings. The van der Waals surface area contributed by atoms with Crippen LogP contribution in [0.15, 0.2) is 102 Å². The van der Waals surface area contributed by atoms with Crippen molar-refractivity contribution >= 4 is 44.5 Å². The van der Waals surface area contributed by atoms with Gasteiger partial charge in [0.2, 0.25) is 4.80 Å². The van der Waals surface area contributed by atoms with E-state index in [0.717, 1.165) is 21.0 Å². The molecule has 0 aliphatic heterocycles. The number of fused-ring (bicyclic) bond motifs is 1. The quantitative estimate of drug-likeness (QED) is 0.134. The lowest BCUT2D eigenvalue weighted by molar-refractivity contribution is 0.355. The summed E-state index contributed by atoms with van der Waals surface area (Å²) in [4.78, 5) is 13.6. The lowest BCUT2D eigenvalue weighted by Crippen LogP contribution is -2.18. The van der Waals surface area contributed by atoms with Crippen molar-refractivity contribution in [1.82, 2.24) is 4.57 Å². The van der Waals surface area contributed by atoms with E-state index in [4.69, 9.17) is 13.9 Å². The second kappa shape index (κ2) is 11.0. The van der Waals surface area contributed by atoms with Crippen LogP contribution in [0, 0.1) is 0 Å². The van der Waals surface area contributed by atoms with Crippen LogP contribution in [-0.2, 0) is 6.54 Å². The van der Waals surface area contributed by atoms with Crippen LogP contribution in [0.5, 0.6) is 11.5 Å². The van der Waals surface area contributed by atoms with Gasteiger partial charge in [-0.1, -0.05) is 46.3 Å². The van der Waals surface area contributed by atoms with Crippen LogP contribution in [-0.4, -0.2) is 25.0 Å². The summed E-state index contributed by atoms with van der Waals surface area (Å²) >= 11 is 4.90. The summed E-state index contributed by atoms with van der Waals surface area (Å²) in [5.74, 6) is 1.25. The summed E-state index contributed by atoms with van der Waals surface area (Å²) in [5, 5.41) is 11.5. The van der Waals surface area contributed by atoms with Crippen LogP contribution < -0.4 is 19.9 Å². The highest BCUT2D eigenvalue weighted by Gasteiger charge is 2.15. The van der Waals surface area contributed by atoms with Gasteiger partial charge in [0.1, 0.15) is 5.58 Å². The first-order valence-corrected chi connectivity index (χ1v) is 13.0. The molecule has 0 unspecified atom stereocenters. The molecule has 0 radical (unpaired) electrons. The molecule has 3 aromatic carbocycles. The van der Waals surface area contributed by atoms with Crippen LogP contribution >= 0.6 is 27.3 Å². The van der Waals surface area contributed by atoms with E-state index in [1.165, 1.54) is 11.3 Å². The lowest BCUT2D eigenvalue weighted by Gasteiger charge is -2.09. The third-order valence-corrected chi connectivity index (χ3v) is 7.06. The monoisotopic (exact) mass is 575 g/mol. The van der Waals surface area contributed by atoms with Gasteiger partial charge in [-0.25, -0.2) is 4.79 Å². The zero-order valence-corrected chi connectivity index (χ0v) is 22.5. The van der Waals surface area contributed by atoms with Crippen molar-refractivity contribution in [3.63, 3.8) is 0 Å². The van der Waals surface area contributed by atoms with Gasteiger partial charge in [0.05, 0.1) is 38.2 Å². The Kier molecular flexibility index (Phi) is 7.34. The topological polar surface area (TPSA) is 78.3 Å². The van der Waals surface area contributed by atoms with Gasteiger partial charge in [-0.2, -0.15) is 5.10 Å². The number of ether oxygens (including phenoxy) is 2. The fraction of sp³-hybridized carbons (Fsp3) is 0.107. The minimum atomic E-state index is -0.408. The van der Waals surface area contributed by atoms with Gasteiger partial charge in [-0.15, -0.1) is 16.4 Å². The summed E-state index contributed by atoms with van der Waals surface area (Å²) in [6.07, 6.45) is 1.65. The van der Waals surface area contributed by atoms with Crippen molar-refractivity contribution in [1.29, 1.82) is 0 Å². The van der Waals surface area contributed by atoms with E-state index in [2.05, 4.69) is 26.1 Å². The van der Waals surface area contributed by atoms with Crippen molar-refractivity contribution in [2.75, 3.05) is 14.2 Å². The Labute approximate surface area is 225 Å². The van der Waals surface area contributed by atoms with E-state index in [0.29, 0.717) is 39.7 Å². The number of hydrogen-bond acceptors (Lipinski definition) is 7. The van der Waals surface area contributed by atoms with Crippen LogP contribution in [0.3, 0.4) is 0 Å². The van der Waals surface area contributed by atoms with Gasteiger partial charge in [0.25, 0.3) is 0 Å². The standard InChI is InChI=1S/C28H22BrN3O4S/c1-34-25-10-8-19(12-26(25)35-2)15-30-31-28-32(16-18-6-4-3-5-7-18)23(17-37-28)22-14-20-13-21(29)9-11-24(20)36-27(22)33/h3-15,17H,16H2,1-2H3/b30-15+,31-28-. The molecule has 0 bridgehead atoms. The van der Waals surface area contributed by atoms with Gasteiger partial charge in [0, 0.05) is 15.2 Å². The molecular weight excluding hydrogens is 554 g/mol. The molecule has 186 valence electrons. The predicted octanol–water partition coefficient (Wildman–Crippen LogP) is 6.09. The Morgan fingerprint density at radius 1 is 1.00 bits per heavy atom. The van der Waals surface area contributed by atoms with Gasteiger partial charge in [-0.3, -0.25) is 0 Å². The number of halogens is 1. The molecule has 0 amide bonds. The molecular formula is C28H22BrN3O4S. The lowest BCUT2D eigenvalue weighted by atomic mass is 10.1. The molecule has 0 spiro atoms. The summed E-state index contributed by atoms with van der Waals surface area (Å²) in [6.45, 7) is 0.514. The molecule has 2 heterocycles. The van der Waals surface area contributed by atoms with Gasteiger partial charge < -0.3 is 18.5 Å². The maximum atomic E-state index is 13.0. The molecule has 0 aliphatic carbocycles. The number of thiazole rings is 1. The Balaban J connectivity index is 1.59. The summed E-state index contributed by atoms with van der Waals surface area (Å²) in [6, 6.07) is 22.9. The SMILES string of the molecule is COc1ccc(/C=N/N=c2\scc(-c3cc4cc(Br)ccc4oc3=O)n2Cc2ccccc2)cc1OC. The molecule has 0 saturated heterocycles. The number of nitrogens with zero attached hydrogens (tertiary/aromatic N) is 3. The molecule has 0 atom stereocenters. The Morgan fingerprint density at radius 2 is 1.81 bits per heavy atom. The molecule has 7 nitrogen and oxygen atoms in total. The highest BCUT2D eigenvalue weighted by molar-refractivity contribution is 9.10. The fourth-order valence-corrected chi connectivity index (χ4v) is 5.13. The van der Waals surface area contributed by atoms with Gasteiger partial charge >= 0.3 is 5.63 Å². The average molecular weight is 576 g/mol. The van der Waals surface area contributed by atoms with Crippen LogP contribution in [0.4, 0.5) is 0 Å². The first-order valence-electron chi connectivity index (χ1n) is 11.3. The van der Waals surface area contributed by atoms with E-state index in [1.54, 1.807) is 26.5 Å². The van der Waals surface area contributed by atoms with E-state index >= 15 is 0 Å². The van der Waals surface area contributed by atoms with Crippen molar-refractivity contribution in [2.24, 2.45) is 10.2 Å². The fourth-order valence-electron chi connectivity index (χ4n) is 3.89. The van der Waals surface area contributed by atoms with E-state index in [1.807, 2.05) is 76.7 Å². The molecule has 9 heteroatoms. The molecule has 37 heavy (non-hydrogen) atoms. The zero-order valence-electron chi connectivity index (χ0n) is 20.1. The minimum absolute atomic E-state index is 0.408. The molecule has 2 aromatic heterocycles. The van der Waals surface area contributed by atoms with Crippen LogP contribution in [0.1, 0.15) is 11.1 Å². The molecule has 5 aromatic rings. The number of rotatable bonds is 7. The first-order chi connectivity index (χ1) is 18.1. The summed E-state index contributed by atoms with van der Waals surface area (Å²) in [7, 11) is 3.18. The second-order valence-electron chi connectivity index (χ2n) is 8.06. The zero-order chi connectivity index (χ0) is 25.8. The van der Waals surface area contributed by atoms with Crippen molar-refractivity contribution < 1.29 is 13.9 Å². The van der Waals surface area contributed by atoms with Crippen LogP contribution in [0.2, 0.25) is 0 Å². The average Bonchev–Trinajstić information content (AvgIpc) is 3.30. The highest BCUT2D eigenvalue weighted by atomic mass is 79.9. The Hall–Kier alpha value is -3.95. The van der Waals surface area contributed by atoms with E-state index < -0.39 is 5.63 Å². The Morgan fingerprint density at radius 3 is 2.59 bits per heavy atom. The predicted molar refractivity (Wildman–Crippen MR) is 150 cm³/mol. The summed E-state index contributed by atoms with van der Waals surface area (Å²) in [5.41, 5.74) is 3.18. The van der Waals surface area contributed by atoms with Crippen molar-refractivity contribution in [2.45, 2.75) is 6.54 Å². The maximum absolute atomic E-state index is 13.0. The van der Waals surface area contributed by atoms with Gasteiger partial charge in [-0.05, 0) is 53.6 Å². The minimum Gasteiger partial charge on any atom is -0.493 e. The smallest absolute Gasteiger partial charge is 0.345 e. The highest BCUT2D eigenvalue weighted by Crippen LogP contribution is 2.27. The third kappa shape index (κ3) is 5.42. The summed E-state index contributed by atoms with van der Waals surface area (Å²) < 4.78 is 19.2. The van der Waals surface area contributed by atoms with E-state index in [-0.39, 0.29) is 0 Å². The third-order valence-electron chi connectivity index (χ3n) is 5.71. The number of aromatic nitrogens is 1. The first kappa shape index (κ1) is 24.7. The van der Waals surface area contributed by atoms with Crippen LogP contribution in [0.25, 0.3) is 22.2 Å². The number of methoxy groups -OCH3 is 2. The number of hydrogen-bond donors (Lipinski definition) is 0. The maximum Gasteiger partial charge on any atom is 0.345 e. The molecule has 5 rings (SSSR count). The molecule has 0 fully saturated rings. The van der Waals surface area contributed by atoms with E-state index in [9.17, 15) is 4.79 Å². The second-order valence-corrected chi connectivity index (χ2v) is 9.82. The van der Waals surface area contributed by atoms with Crippen molar-refractivity contribution in [3.8, 4) is 22.8 Å². The van der Waals surface area contributed by atoms with Crippen molar-refractivity contribution in [3.05, 3.63) is 109 Å². The van der Waals surface area contributed by atoms with Gasteiger partial charge in [0.15, 0.2) is 11.5 Å². The molecule has 0 saturated carbocycles. The molecule has 0 N–H and O–H groups in total. The largest absolute Gasteiger partial charge is 0.493 e. The number of benzene rings is 3. The Bertz CT molecular complexity index is 1720.